The summed E-state index contributed by atoms with van der Waals surface area (Å²) in [5.41, 5.74) is 0.0809. The van der Waals surface area contributed by atoms with Gasteiger partial charge in [-0.1, -0.05) is 36.2 Å². The zero-order chi connectivity index (χ0) is 13.7. The van der Waals surface area contributed by atoms with Gasteiger partial charge in [0.05, 0.1) is 21.5 Å². The fourth-order valence-corrected chi connectivity index (χ4v) is 1.83. The predicted molar refractivity (Wildman–Crippen MR) is 70.7 cm³/mol. The molecule has 4 nitrogen and oxygen atoms in total. The first kappa shape index (κ1) is 14.7. The molecule has 1 aromatic rings. The molecule has 18 heavy (non-hydrogen) atoms. The summed E-state index contributed by atoms with van der Waals surface area (Å²) in [5.74, 6) is -2.47. The van der Waals surface area contributed by atoms with Crippen molar-refractivity contribution < 1.29 is 14.7 Å². The molecular formula is C12H11Cl2NO3. The zero-order valence-corrected chi connectivity index (χ0v) is 11.1. The molecule has 0 saturated heterocycles. The minimum Gasteiger partial charge on any atom is -0.481 e. The molecule has 0 spiro atoms. The van der Waals surface area contributed by atoms with Gasteiger partial charge in [0.15, 0.2) is 0 Å². The molecule has 1 N–H and O–H groups in total. The summed E-state index contributed by atoms with van der Waals surface area (Å²) in [5, 5.41) is 9.19. The van der Waals surface area contributed by atoms with Crippen LogP contribution in [0.15, 0.2) is 23.2 Å². The molecule has 1 unspecified atom stereocenters. The summed E-state index contributed by atoms with van der Waals surface area (Å²) in [6.07, 6.45) is 1.45. The lowest BCUT2D eigenvalue weighted by molar-refractivity contribution is -0.139. The molecule has 0 fully saturated rings. The Morgan fingerprint density at radius 1 is 1.39 bits per heavy atom. The molecule has 0 saturated carbocycles. The summed E-state index contributed by atoms with van der Waals surface area (Å²) in [6.45, 7) is 1.69. The Bertz CT molecular complexity index is 480. The maximum Gasteiger partial charge on any atom is 0.311 e. The lowest BCUT2D eigenvalue weighted by atomic mass is 10.1. The largest absolute Gasteiger partial charge is 0.481 e. The summed E-state index contributed by atoms with van der Waals surface area (Å²) in [4.78, 5) is 26.1. The molecule has 0 aliphatic rings. The van der Waals surface area contributed by atoms with Gasteiger partial charge in [0.1, 0.15) is 0 Å². The van der Waals surface area contributed by atoms with Crippen molar-refractivity contribution >= 4 is 41.3 Å². The van der Waals surface area contributed by atoms with Crippen LogP contribution in [0.4, 0.5) is 0 Å². The van der Waals surface area contributed by atoms with Gasteiger partial charge < -0.3 is 5.11 Å². The van der Waals surface area contributed by atoms with Crippen molar-refractivity contribution in [1.29, 1.82) is 0 Å². The van der Waals surface area contributed by atoms with Crippen molar-refractivity contribution in [3.63, 3.8) is 0 Å². The van der Waals surface area contributed by atoms with Gasteiger partial charge in [-0.2, -0.15) is 0 Å². The number of hydrogen-bond donors (Lipinski definition) is 1. The number of carbonyl (C=O) groups excluding carboxylic acids is 1. The number of nitrogens with zero attached hydrogens (tertiary/aromatic N) is 1. The lowest BCUT2D eigenvalue weighted by Crippen LogP contribution is -2.14. The number of carbonyl (C=O) groups is 2. The minimum atomic E-state index is -1.03. The average Bonchev–Trinajstić information content (AvgIpc) is 2.29. The van der Waals surface area contributed by atoms with E-state index >= 15 is 0 Å². The molecule has 0 heterocycles. The Morgan fingerprint density at radius 2 is 1.94 bits per heavy atom. The van der Waals surface area contributed by atoms with Crippen LogP contribution in [0, 0.1) is 5.92 Å². The molecule has 96 valence electrons. The van der Waals surface area contributed by atoms with E-state index in [4.69, 9.17) is 28.3 Å². The molecule has 6 heteroatoms. The van der Waals surface area contributed by atoms with Crippen molar-refractivity contribution in [2.75, 3.05) is 0 Å². The predicted octanol–water partition coefficient (Wildman–Crippen LogP) is 3.32. The highest BCUT2D eigenvalue weighted by Gasteiger charge is 2.16. The highest BCUT2D eigenvalue weighted by molar-refractivity contribution is 6.39. The van der Waals surface area contributed by atoms with Crippen LogP contribution >= 0.6 is 23.2 Å². The second kappa shape index (κ2) is 6.52. The van der Waals surface area contributed by atoms with E-state index in [1.807, 2.05) is 0 Å². The molecular weight excluding hydrogens is 277 g/mol. The highest BCUT2D eigenvalue weighted by atomic mass is 35.5. The van der Waals surface area contributed by atoms with Crippen LogP contribution in [0.3, 0.4) is 0 Å². The van der Waals surface area contributed by atoms with Gasteiger partial charge in [0, 0.05) is 6.21 Å². The molecule has 0 aliphatic heterocycles. The summed E-state index contributed by atoms with van der Waals surface area (Å²) >= 11 is 11.7. The molecule has 1 rings (SSSR count). The topological polar surface area (TPSA) is 66.7 Å². The van der Waals surface area contributed by atoms with Gasteiger partial charge >= 0.3 is 5.97 Å². The fourth-order valence-electron chi connectivity index (χ4n) is 1.27. The normalized spacial score (nSPS) is 12.6. The number of halogens is 2. The van der Waals surface area contributed by atoms with Crippen LogP contribution in [0.1, 0.15) is 23.7 Å². The Kier molecular flexibility index (Phi) is 5.31. The highest BCUT2D eigenvalue weighted by Crippen LogP contribution is 2.24. The quantitative estimate of drug-likeness (QED) is 0.864. The lowest BCUT2D eigenvalue weighted by Gasteiger charge is -2.03. The van der Waals surface area contributed by atoms with Gasteiger partial charge in [-0.3, -0.25) is 9.59 Å². The maximum absolute atomic E-state index is 11.8. The molecule has 1 aromatic carbocycles. The third-order valence-corrected chi connectivity index (χ3v) is 2.94. The second-order valence-corrected chi connectivity index (χ2v) is 4.35. The van der Waals surface area contributed by atoms with Crippen LogP contribution in [-0.4, -0.2) is 23.2 Å². The van der Waals surface area contributed by atoms with Crippen LogP contribution in [0.5, 0.6) is 0 Å². The smallest absolute Gasteiger partial charge is 0.311 e. The summed E-state index contributed by atoms with van der Waals surface area (Å²) in [7, 11) is 0. The first-order chi connectivity index (χ1) is 8.47. The third kappa shape index (κ3) is 3.55. The summed E-state index contributed by atoms with van der Waals surface area (Å²) < 4.78 is 0. The molecule has 1 atom stereocenters. The molecule has 0 radical (unpaired) electrons. The van der Waals surface area contributed by atoms with Crippen LogP contribution in [-0.2, 0) is 4.79 Å². The van der Waals surface area contributed by atoms with Gasteiger partial charge in [-0.15, -0.1) is 0 Å². The minimum absolute atomic E-state index is 0.0809. The number of aliphatic imine (C=N–C) groups is 1. The Hall–Kier alpha value is -1.39. The third-order valence-electron chi connectivity index (χ3n) is 2.31. The van der Waals surface area contributed by atoms with Gasteiger partial charge in [0.2, 0.25) is 0 Å². The molecule has 0 aliphatic carbocycles. The standard InChI is InChI=1S/C12H11Cl2NO3/c1-2-7(12(17)18)6-15-11(16)10-8(13)4-3-5-9(10)14/h3-7H,2H2,1H3,(H,17,18). The second-order valence-electron chi connectivity index (χ2n) is 3.53. The van der Waals surface area contributed by atoms with E-state index in [0.29, 0.717) is 6.42 Å². The van der Waals surface area contributed by atoms with Crippen LogP contribution in [0.2, 0.25) is 10.0 Å². The van der Waals surface area contributed by atoms with Gasteiger partial charge in [0.25, 0.3) is 5.91 Å². The van der Waals surface area contributed by atoms with E-state index in [1.165, 1.54) is 12.1 Å². The van der Waals surface area contributed by atoms with Gasteiger partial charge in [-0.25, -0.2) is 4.99 Å². The SMILES string of the molecule is CCC(C=NC(=O)c1c(Cl)cccc1Cl)C(=O)O. The van der Waals surface area contributed by atoms with E-state index in [0.717, 1.165) is 6.21 Å². The Morgan fingerprint density at radius 3 is 2.39 bits per heavy atom. The van der Waals surface area contributed by atoms with Crippen molar-refractivity contribution in [1.82, 2.24) is 0 Å². The van der Waals surface area contributed by atoms with E-state index < -0.39 is 17.8 Å². The van der Waals surface area contributed by atoms with E-state index in [-0.39, 0.29) is 15.6 Å². The summed E-state index contributed by atoms with van der Waals surface area (Å²) in [6, 6.07) is 4.65. The Balaban J connectivity index is 2.95. The van der Waals surface area contributed by atoms with E-state index in [2.05, 4.69) is 4.99 Å². The van der Waals surface area contributed by atoms with E-state index in [9.17, 15) is 9.59 Å². The Labute approximate surface area is 114 Å². The van der Waals surface area contributed by atoms with Crippen molar-refractivity contribution in [3.05, 3.63) is 33.8 Å². The number of amides is 1. The molecule has 1 amide bonds. The first-order valence-electron chi connectivity index (χ1n) is 5.22. The number of benzene rings is 1. The van der Waals surface area contributed by atoms with Crippen molar-refractivity contribution in [2.24, 2.45) is 10.9 Å². The number of rotatable bonds is 4. The first-order valence-corrected chi connectivity index (χ1v) is 5.98. The van der Waals surface area contributed by atoms with E-state index in [1.54, 1.807) is 13.0 Å². The number of carboxylic acid groups (broad SMARTS) is 1. The van der Waals surface area contributed by atoms with Crippen LogP contribution < -0.4 is 0 Å². The van der Waals surface area contributed by atoms with Crippen molar-refractivity contribution in [3.8, 4) is 0 Å². The van der Waals surface area contributed by atoms with Crippen LogP contribution in [0.25, 0.3) is 0 Å². The monoisotopic (exact) mass is 287 g/mol. The number of hydrogen-bond acceptors (Lipinski definition) is 2. The van der Waals surface area contributed by atoms with Gasteiger partial charge in [-0.05, 0) is 18.6 Å². The number of aliphatic carboxylic acids is 1. The average molecular weight is 288 g/mol. The molecule has 0 aromatic heterocycles. The van der Waals surface area contributed by atoms with Crippen molar-refractivity contribution in [2.45, 2.75) is 13.3 Å². The fraction of sp³-hybridized carbons (Fsp3) is 0.250. The number of carboxylic acids is 1. The molecule has 0 bridgehead atoms. The zero-order valence-electron chi connectivity index (χ0n) is 9.56. The maximum atomic E-state index is 11.8.